The lowest BCUT2D eigenvalue weighted by atomic mass is 9.98. The van der Waals surface area contributed by atoms with E-state index >= 15 is 0 Å². The Morgan fingerprint density at radius 2 is 2.12 bits per heavy atom. The van der Waals surface area contributed by atoms with Gasteiger partial charge in [0.15, 0.2) is 0 Å². The molecule has 0 fully saturated rings. The summed E-state index contributed by atoms with van der Waals surface area (Å²) < 4.78 is 9.26. The van der Waals surface area contributed by atoms with E-state index < -0.39 is 0 Å². The van der Waals surface area contributed by atoms with Crippen molar-refractivity contribution in [1.29, 1.82) is 0 Å². The van der Waals surface area contributed by atoms with Crippen LogP contribution in [0, 0.1) is 6.92 Å². The Morgan fingerprint density at radius 1 is 1.25 bits per heavy atom. The molecule has 3 aromatic rings. The van der Waals surface area contributed by atoms with Crippen LogP contribution in [0.1, 0.15) is 23.8 Å². The van der Waals surface area contributed by atoms with Gasteiger partial charge in [0.05, 0.1) is 11.4 Å². The van der Waals surface area contributed by atoms with Crippen LogP contribution in [0.2, 0.25) is 5.02 Å². The molecular weight excluding hydrogens is 390 g/mol. The number of ether oxygens (including phenoxy) is 1. The zero-order chi connectivity index (χ0) is 16.7. The number of rotatable bonds is 2. The Labute approximate surface area is 153 Å². The zero-order valence-electron chi connectivity index (χ0n) is 13.0. The number of fused-ring (bicyclic) bond motifs is 3. The average molecular weight is 405 g/mol. The number of benzene rings is 2. The molecule has 2 heterocycles. The van der Waals surface area contributed by atoms with E-state index in [2.05, 4.69) is 38.4 Å². The van der Waals surface area contributed by atoms with E-state index in [1.807, 2.05) is 41.9 Å². The van der Waals surface area contributed by atoms with Crippen molar-refractivity contribution in [1.82, 2.24) is 15.0 Å². The molecule has 1 atom stereocenters. The third-order valence-electron chi connectivity index (χ3n) is 4.20. The summed E-state index contributed by atoms with van der Waals surface area (Å²) in [7, 11) is 0. The predicted molar refractivity (Wildman–Crippen MR) is 97.3 cm³/mol. The van der Waals surface area contributed by atoms with Crippen LogP contribution in [-0.4, -0.2) is 15.0 Å². The molecule has 0 radical (unpaired) electrons. The highest BCUT2D eigenvalue weighted by atomic mass is 79.9. The zero-order valence-corrected chi connectivity index (χ0v) is 15.4. The predicted octanol–water partition coefficient (Wildman–Crippen LogP) is 5.19. The Kier molecular flexibility index (Phi) is 4.06. The van der Waals surface area contributed by atoms with Gasteiger partial charge in [-0.25, -0.2) is 4.68 Å². The standard InChI is InChI=1S/C18H15BrClN3O/c1-11-18-15-6-5-12(19)9-16(15)17(7-8-23(18)22-21-11)24-14-4-2-3-13(20)10-14/h2-6,9-10,17H,7-8H2,1H3. The summed E-state index contributed by atoms with van der Waals surface area (Å²) in [5, 5.41) is 9.17. The summed E-state index contributed by atoms with van der Waals surface area (Å²) in [5.41, 5.74) is 4.25. The fraction of sp³-hybridized carbons (Fsp3) is 0.222. The van der Waals surface area contributed by atoms with Gasteiger partial charge in [0.25, 0.3) is 0 Å². The van der Waals surface area contributed by atoms with Crippen LogP contribution >= 0.6 is 27.5 Å². The second kappa shape index (κ2) is 6.22. The molecule has 0 aliphatic carbocycles. The molecule has 0 N–H and O–H groups in total. The van der Waals surface area contributed by atoms with Gasteiger partial charge in [0, 0.05) is 33.6 Å². The highest BCUT2D eigenvalue weighted by molar-refractivity contribution is 9.10. The minimum atomic E-state index is -0.0722. The summed E-state index contributed by atoms with van der Waals surface area (Å²) >= 11 is 9.66. The van der Waals surface area contributed by atoms with E-state index in [0.717, 1.165) is 45.7 Å². The number of aromatic nitrogens is 3. The first kappa shape index (κ1) is 15.7. The second-order valence-corrected chi connectivity index (χ2v) is 7.18. The van der Waals surface area contributed by atoms with Crippen molar-refractivity contribution >= 4 is 27.5 Å². The number of nitrogens with zero attached hydrogens (tertiary/aromatic N) is 3. The summed E-state index contributed by atoms with van der Waals surface area (Å²) in [6, 6.07) is 13.8. The quantitative estimate of drug-likeness (QED) is 0.590. The van der Waals surface area contributed by atoms with Gasteiger partial charge in [0.1, 0.15) is 11.9 Å². The lowest BCUT2D eigenvalue weighted by Gasteiger charge is -2.20. The van der Waals surface area contributed by atoms with Gasteiger partial charge in [-0.15, -0.1) is 5.10 Å². The second-order valence-electron chi connectivity index (χ2n) is 5.83. The number of hydrogen-bond acceptors (Lipinski definition) is 3. The minimum absolute atomic E-state index is 0.0722. The molecule has 4 rings (SSSR count). The number of aryl methyl sites for hydroxylation is 2. The minimum Gasteiger partial charge on any atom is -0.486 e. The maximum absolute atomic E-state index is 6.27. The van der Waals surface area contributed by atoms with Gasteiger partial charge >= 0.3 is 0 Å². The highest BCUT2D eigenvalue weighted by Crippen LogP contribution is 2.38. The van der Waals surface area contributed by atoms with Crippen molar-refractivity contribution in [3.8, 4) is 17.0 Å². The molecule has 0 bridgehead atoms. The third-order valence-corrected chi connectivity index (χ3v) is 4.92. The molecule has 122 valence electrons. The van der Waals surface area contributed by atoms with Crippen LogP contribution in [-0.2, 0) is 6.54 Å². The van der Waals surface area contributed by atoms with E-state index in [0.29, 0.717) is 5.02 Å². The van der Waals surface area contributed by atoms with Gasteiger partial charge in [-0.3, -0.25) is 0 Å². The average Bonchev–Trinajstić information content (AvgIpc) is 2.84. The SMILES string of the molecule is Cc1nnn2c1-c1ccc(Br)cc1C(Oc1cccc(Cl)c1)CC2. The third kappa shape index (κ3) is 2.82. The summed E-state index contributed by atoms with van der Waals surface area (Å²) in [5.74, 6) is 0.771. The molecule has 0 amide bonds. The fourth-order valence-electron chi connectivity index (χ4n) is 3.13. The summed E-state index contributed by atoms with van der Waals surface area (Å²) in [4.78, 5) is 0. The summed E-state index contributed by atoms with van der Waals surface area (Å²) in [6.07, 6.45) is 0.739. The maximum Gasteiger partial charge on any atom is 0.126 e. The molecule has 1 aromatic heterocycles. The molecular formula is C18H15BrClN3O. The Bertz CT molecular complexity index is 909. The largest absolute Gasteiger partial charge is 0.486 e. The molecule has 0 spiro atoms. The monoisotopic (exact) mass is 403 g/mol. The van der Waals surface area contributed by atoms with Crippen molar-refractivity contribution in [2.45, 2.75) is 26.0 Å². The van der Waals surface area contributed by atoms with Crippen LogP contribution in [0.5, 0.6) is 5.75 Å². The fourth-order valence-corrected chi connectivity index (χ4v) is 3.69. The lowest BCUT2D eigenvalue weighted by Crippen LogP contribution is -2.10. The molecule has 1 aliphatic heterocycles. The van der Waals surface area contributed by atoms with Gasteiger partial charge in [0.2, 0.25) is 0 Å². The molecule has 1 unspecified atom stereocenters. The van der Waals surface area contributed by atoms with Crippen LogP contribution in [0.3, 0.4) is 0 Å². The lowest BCUT2D eigenvalue weighted by molar-refractivity contribution is 0.189. The smallest absolute Gasteiger partial charge is 0.126 e. The first-order chi connectivity index (χ1) is 11.6. The van der Waals surface area contributed by atoms with E-state index in [-0.39, 0.29) is 6.10 Å². The molecule has 4 nitrogen and oxygen atoms in total. The van der Waals surface area contributed by atoms with Gasteiger partial charge in [-0.1, -0.05) is 44.9 Å². The van der Waals surface area contributed by atoms with E-state index in [1.54, 1.807) is 0 Å². The van der Waals surface area contributed by atoms with Gasteiger partial charge < -0.3 is 4.74 Å². The topological polar surface area (TPSA) is 39.9 Å². The summed E-state index contributed by atoms with van der Waals surface area (Å²) in [6.45, 7) is 2.75. The van der Waals surface area contributed by atoms with Crippen molar-refractivity contribution in [2.75, 3.05) is 0 Å². The molecule has 24 heavy (non-hydrogen) atoms. The maximum atomic E-state index is 6.27. The van der Waals surface area contributed by atoms with Gasteiger partial charge in [-0.2, -0.15) is 0 Å². The van der Waals surface area contributed by atoms with E-state index in [4.69, 9.17) is 16.3 Å². The molecule has 0 saturated carbocycles. The van der Waals surface area contributed by atoms with Crippen LogP contribution < -0.4 is 4.74 Å². The van der Waals surface area contributed by atoms with Crippen LogP contribution in [0.25, 0.3) is 11.3 Å². The Morgan fingerprint density at radius 3 is 2.96 bits per heavy atom. The Balaban J connectivity index is 1.80. The first-order valence-corrected chi connectivity index (χ1v) is 8.91. The number of hydrogen-bond donors (Lipinski definition) is 0. The van der Waals surface area contributed by atoms with Crippen molar-refractivity contribution in [3.05, 3.63) is 63.2 Å². The van der Waals surface area contributed by atoms with Crippen LogP contribution in [0.4, 0.5) is 0 Å². The number of halogens is 2. The molecule has 6 heteroatoms. The molecule has 0 saturated heterocycles. The van der Waals surface area contributed by atoms with Crippen molar-refractivity contribution < 1.29 is 4.74 Å². The normalized spacial score (nSPS) is 16.2. The molecule has 2 aromatic carbocycles. The Hall–Kier alpha value is -1.85. The van der Waals surface area contributed by atoms with Crippen LogP contribution in [0.15, 0.2) is 46.9 Å². The van der Waals surface area contributed by atoms with E-state index in [9.17, 15) is 0 Å². The highest BCUT2D eigenvalue weighted by Gasteiger charge is 2.26. The van der Waals surface area contributed by atoms with Crippen molar-refractivity contribution in [2.24, 2.45) is 0 Å². The van der Waals surface area contributed by atoms with E-state index in [1.165, 1.54) is 0 Å². The first-order valence-electron chi connectivity index (χ1n) is 7.74. The molecule has 1 aliphatic rings. The van der Waals surface area contributed by atoms with Gasteiger partial charge in [-0.05, 0) is 37.3 Å². The van der Waals surface area contributed by atoms with Crippen molar-refractivity contribution in [3.63, 3.8) is 0 Å².